The molecule has 0 aliphatic carbocycles. The average molecular weight is 283 g/mol. The lowest BCUT2D eigenvalue weighted by molar-refractivity contribution is -0.135. The minimum absolute atomic E-state index is 0.280. The van der Waals surface area contributed by atoms with Crippen molar-refractivity contribution in [2.45, 2.75) is 51.1 Å². The number of amides is 1. The van der Waals surface area contributed by atoms with Crippen molar-refractivity contribution in [2.24, 2.45) is 5.73 Å². The summed E-state index contributed by atoms with van der Waals surface area (Å²) in [5.41, 5.74) is 5.87. The highest BCUT2D eigenvalue weighted by atomic mass is 16.5. The van der Waals surface area contributed by atoms with Crippen LogP contribution in [0.15, 0.2) is 0 Å². The van der Waals surface area contributed by atoms with E-state index in [0.29, 0.717) is 31.7 Å². The topological polar surface area (TPSA) is 58.8 Å². The van der Waals surface area contributed by atoms with Gasteiger partial charge in [-0.2, -0.15) is 0 Å². The lowest BCUT2D eigenvalue weighted by Gasteiger charge is -2.40. The summed E-state index contributed by atoms with van der Waals surface area (Å²) in [6.07, 6.45) is 5.34. The van der Waals surface area contributed by atoms with Gasteiger partial charge in [0.05, 0.1) is 13.2 Å². The largest absolute Gasteiger partial charge is 0.378 e. The van der Waals surface area contributed by atoms with Crippen molar-refractivity contribution in [3.05, 3.63) is 0 Å². The summed E-state index contributed by atoms with van der Waals surface area (Å²) in [6, 6.07) is 1.12. The first-order valence-electron chi connectivity index (χ1n) is 8.03. The third-order valence-electron chi connectivity index (χ3n) is 4.64. The Bertz CT molecular complexity index is 305. The van der Waals surface area contributed by atoms with E-state index in [1.165, 1.54) is 19.3 Å². The number of likely N-dealkylation sites (tertiary alicyclic amines) is 1. The average Bonchev–Trinajstić information content (AvgIpc) is 2.49. The molecule has 0 radical (unpaired) electrons. The van der Waals surface area contributed by atoms with Gasteiger partial charge in [0.2, 0.25) is 5.91 Å². The molecule has 2 aliphatic heterocycles. The molecule has 116 valence electrons. The molecule has 5 nitrogen and oxygen atoms in total. The van der Waals surface area contributed by atoms with Gasteiger partial charge in [-0.25, -0.2) is 0 Å². The predicted octanol–water partition coefficient (Wildman–Crippen LogP) is 0.827. The van der Waals surface area contributed by atoms with Crippen LogP contribution >= 0.6 is 0 Å². The Morgan fingerprint density at radius 1 is 1.30 bits per heavy atom. The maximum Gasteiger partial charge on any atom is 0.222 e. The van der Waals surface area contributed by atoms with Crippen molar-refractivity contribution in [1.29, 1.82) is 0 Å². The van der Waals surface area contributed by atoms with Crippen LogP contribution in [0.4, 0.5) is 0 Å². The summed E-state index contributed by atoms with van der Waals surface area (Å²) in [5.74, 6) is 0.280. The van der Waals surface area contributed by atoms with Gasteiger partial charge < -0.3 is 15.4 Å². The summed E-state index contributed by atoms with van der Waals surface area (Å²) in [4.78, 5) is 16.5. The molecule has 0 saturated carbocycles. The second kappa shape index (κ2) is 7.96. The highest BCUT2D eigenvalue weighted by Crippen LogP contribution is 2.22. The van der Waals surface area contributed by atoms with Gasteiger partial charge in [-0.3, -0.25) is 9.69 Å². The van der Waals surface area contributed by atoms with Crippen LogP contribution in [0.3, 0.4) is 0 Å². The first-order valence-corrected chi connectivity index (χ1v) is 8.03. The van der Waals surface area contributed by atoms with Gasteiger partial charge in [-0.05, 0) is 32.7 Å². The van der Waals surface area contributed by atoms with E-state index in [1.807, 2.05) is 4.90 Å². The molecule has 2 N–H and O–H groups in total. The molecule has 0 aromatic heterocycles. The lowest BCUT2D eigenvalue weighted by atomic mass is 9.96. The Labute approximate surface area is 122 Å². The van der Waals surface area contributed by atoms with E-state index in [-0.39, 0.29) is 5.91 Å². The highest BCUT2D eigenvalue weighted by Gasteiger charge is 2.26. The van der Waals surface area contributed by atoms with E-state index in [4.69, 9.17) is 10.5 Å². The number of carbonyl (C=O) groups is 1. The second-order valence-electron chi connectivity index (χ2n) is 6.00. The highest BCUT2D eigenvalue weighted by molar-refractivity contribution is 5.76. The van der Waals surface area contributed by atoms with Crippen molar-refractivity contribution in [2.75, 3.05) is 39.4 Å². The summed E-state index contributed by atoms with van der Waals surface area (Å²) >= 11 is 0. The summed E-state index contributed by atoms with van der Waals surface area (Å²) in [7, 11) is 0. The molecule has 2 atom stereocenters. The zero-order valence-corrected chi connectivity index (χ0v) is 12.7. The van der Waals surface area contributed by atoms with E-state index in [1.54, 1.807) is 0 Å². The number of hydrogen-bond donors (Lipinski definition) is 1. The van der Waals surface area contributed by atoms with Crippen LogP contribution in [-0.2, 0) is 9.53 Å². The summed E-state index contributed by atoms with van der Waals surface area (Å²) in [5, 5.41) is 0. The first kappa shape index (κ1) is 15.7. The predicted molar refractivity (Wildman–Crippen MR) is 79.5 cm³/mol. The van der Waals surface area contributed by atoms with Gasteiger partial charge in [0, 0.05) is 38.1 Å². The molecule has 2 unspecified atom stereocenters. The van der Waals surface area contributed by atoms with E-state index >= 15 is 0 Å². The molecule has 0 spiro atoms. The maximum absolute atomic E-state index is 12.1. The zero-order valence-electron chi connectivity index (χ0n) is 12.7. The number of nitrogens with two attached hydrogens (primary N) is 1. The number of morpholine rings is 1. The monoisotopic (exact) mass is 283 g/mol. The standard InChI is InChI=1S/C15H29N3O2/c1-13-4-2-5-14(12-16)18(13)7-3-6-15(19)17-8-10-20-11-9-17/h13-14H,2-12,16H2,1H3. The number of carbonyl (C=O) groups excluding carboxylic acids is 1. The fourth-order valence-electron chi connectivity index (χ4n) is 3.38. The maximum atomic E-state index is 12.1. The molecule has 2 saturated heterocycles. The molecule has 5 heteroatoms. The van der Waals surface area contributed by atoms with Gasteiger partial charge in [0.25, 0.3) is 0 Å². The third-order valence-corrected chi connectivity index (χ3v) is 4.64. The van der Waals surface area contributed by atoms with Gasteiger partial charge in [-0.15, -0.1) is 0 Å². The van der Waals surface area contributed by atoms with E-state index in [2.05, 4.69) is 11.8 Å². The normalized spacial score (nSPS) is 28.6. The Balaban J connectivity index is 1.72. The molecule has 0 aromatic carbocycles. The Morgan fingerprint density at radius 2 is 2.05 bits per heavy atom. The number of hydrogen-bond acceptors (Lipinski definition) is 4. The van der Waals surface area contributed by atoms with Crippen molar-refractivity contribution in [3.63, 3.8) is 0 Å². The molecule has 20 heavy (non-hydrogen) atoms. The molecule has 2 rings (SSSR count). The van der Waals surface area contributed by atoms with Gasteiger partial charge in [0.1, 0.15) is 0 Å². The fraction of sp³-hybridized carbons (Fsp3) is 0.933. The second-order valence-corrected chi connectivity index (χ2v) is 6.00. The van der Waals surface area contributed by atoms with Crippen LogP contribution < -0.4 is 5.73 Å². The molecule has 0 bridgehead atoms. The van der Waals surface area contributed by atoms with Crippen molar-refractivity contribution >= 4 is 5.91 Å². The van der Waals surface area contributed by atoms with Crippen LogP contribution in [0.2, 0.25) is 0 Å². The molecule has 2 fully saturated rings. The zero-order chi connectivity index (χ0) is 14.4. The molecule has 2 heterocycles. The number of nitrogens with zero attached hydrogens (tertiary/aromatic N) is 2. The van der Waals surface area contributed by atoms with Gasteiger partial charge in [0.15, 0.2) is 0 Å². The van der Waals surface area contributed by atoms with Crippen molar-refractivity contribution in [1.82, 2.24) is 9.80 Å². The Kier molecular flexibility index (Phi) is 6.26. The van der Waals surface area contributed by atoms with Crippen LogP contribution in [0.5, 0.6) is 0 Å². The number of ether oxygens (including phenoxy) is 1. The van der Waals surface area contributed by atoms with Crippen LogP contribution in [-0.4, -0.2) is 67.2 Å². The van der Waals surface area contributed by atoms with Crippen molar-refractivity contribution < 1.29 is 9.53 Å². The minimum Gasteiger partial charge on any atom is -0.378 e. The van der Waals surface area contributed by atoms with Crippen LogP contribution in [0.1, 0.15) is 39.0 Å². The first-order chi connectivity index (χ1) is 9.72. The molecule has 1 amide bonds. The van der Waals surface area contributed by atoms with Crippen molar-refractivity contribution in [3.8, 4) is 0 Å². The minimum atomic E-state index is 0.280. The SMILES string of the molecule is CC1CCCC(CN)N1CCCC(=O)N1CCOCC1. The lowest BCUT2D eigenvalue weighted by Crippen LogP contribution is -2.49. The number of piperidine rings is 1. The van der Waals surface area contributed by atoms with E-state index in [0.717, 1.165) is 32.6 Å². The van der Waals surface area contributed by atoms with E-state index in [9.17, 15) is 4.79 Å². The Morgan fingerprint density at radius 3 is 2.75 bits per heavy atom. The molecule has 2 aliphatic rings. The van der Waals surface area contributed by atoms with Crippen LogP contribution in [0, 0.1) is 0 Å². The van der Waals surface area contributed by atoms with Gasteiger partial charge >= 0.3 is 0 Å². The number of rotatable bonds is 5. The molecular formula is C15H29N3O2. The van der Waals surface area contributed by atoms with Crippen LogP contribution in [0.25, 0.3) is 0 Å². The Hall–Kier alpha value is -0.650. The molecule has 0 aromatic rings. The smallest absolute Gasteiger partial charge is 0.222 e. The summed E-state index contributed by atoms with van der Waals surface area (Å²) < 4.78 is 5.28. The van der Waals surface area contributed by atoms with E-state index < -0.39 is 0 Å². The third kappa shape index (κ3) is 4.17. The fourth-order valence-corrected chi connectivity index (χ4v) is 3.38. The molecular weight excluding hydrogens is 254 g/mol. The summed E-state index contributed by atoms with van der Waals surface area (Å²) in [6.45, 7) is 6.90. The quantitative estimate of drug-likeness (QED) is 0.812. The van der Waals surface area contributed by atoms with Gasteiger partial charge in [-0.1, -0.05) is 6.42 Å².